The lowest BCUT2D eigenvalue weighted by Gasteiger charge is -2.26. The maximum atomic E-state index is 13.5. The van der Waals surface area contributed by atoms with E-state index in [-0.39, 0.29) is 21.9 Å². The molecule has 9 nitrogen and oxygen atoms in total. The molecule has 1 unspecified atom stereocenters. The number of pyridine rings is 1. The van der Waals surface area contributed by atoms with Gasteiger partial charge in [-0.15, -0.1) is 0 Å². The Hall–Kier alpha value is -4.28. The van der Waals surface area contributed by atoms with Crippen LogP contribution in [0.2, 0.25) is 0 Å². The quantitative estimate of drug-likeness (QED) is 0.422. The highest BCUT2D eigenvalue weighted by molar-refractivity contribution is 7.89. The van der Waals surface area contributed by atoms with Gasteiger partial charge in [-0.1, -0.05) is 24.3 Å². The third kappa shape index (κ3) is 3.54. The largest absolute Gasteiger partial charge is 0.503 e. The number of para-hydroxylation sites is 1. The molecule has 2 aromatic heterocycles. The third-order valence-electron chi connectivity index (χ3n) is 5.51. The highest BCUT2D eigenvalue weighted by Gasteiger charge is 2.46. The zero-order chi connectivity index (χ0) is 24.0. The molecule has 1 aliphatic heterocycles. The average Bonchev–Trinajstić information content (AvgIpc) is 3.38. The van der Waals surface area contributed by atoms with E-state index >= 15 is 0 Å². The molecule has 0 fully saturated rings. The molecule has 1 amide bonds. The van der Waals surface area contributed by atoms with Crippen molar-refractivity contribution < 1.29 is 27.5 Å². The van der Waals surface area contributed by atoms with Crippen LogP contribution in [0, 0.1) is 0 Å². The number of aliphatic hydroxyl groups excluding tert-OH is 1. The molecule has 3 N–H and O–H groups in total. The maximum Gasteiger partial charge on any atom is 0.294 e. The highest BCUT2D eigenvalue weighted by Crippen LogP contribution is 2.41. The van der Waals surface area contributed by atoms with Gasteiger partial charge in [0.05, 0.1) is 16.2 Å². The van der Waals surface area contributed by atoms with Gasteiger partial charge in [0.15, 0.2) is 11.5 Å². The van der Waals surface area contributed by atoms with Crippen LogP contribution in [-0.2, 0) is 14.8 Å². The molecule has 1 atom stereocenters. The standard InChI is InChI=1S/C24H17N3O6S/c25-34(31,32)16-10-8-15(9-11-16)27-21(17-6-3-4-12-26-17)20(23(29)24(27)30)22(28)19-13-14-5-1-2-7-18(14)33-19/h1-13,21,29H,(H2,25,31,32). The first-order valence-corrected chi connectivity index (χ1v) is 11.6. The Bertz CT molecular complexity index is 1540. The summed E-state index contributed by atoms with van der Waals surface area (Å²) in [6.45, 7) is 0. The van der Waals surface area contributed by atoms with Crippen molar-refractivity contribution in [1.29, 1.82) is 0 Å². The Morgan fingerprint density at radius 3 is 2.38 bits per heavy atom. The Balaban J connectivity index is 1.63. The summed E-state index contributed by atoms with van der Waals surface area (Å²) in [4.78, 5) is 32.0. The second kappa shape index (κ2) is 7.94. The van der Waals surface area contributed by atoms with Gasteiger partial charge in [-0.25, -0.2) is 13.6 Å². The summed E-state index contributed by atoms with van der Waals surface area (Å²) in [5.74, 6) is -2.28. The molecular formula is C24H17N3O6S. The van der Waals surface area contributed by atoms with Gasteiger partial charge in [-0.3, -0.25) is 19.5 Å². The molecule has 0 aliphatic carbocycles. The molecule has 170 valence electrons. The van der Waals surface area contributed by atoms with Crippen LogP contribution in [0.5, 0.6) is 0 Å². The number of fused-ring (bicyclic) bond motifs is 1. The molecule has 2 aromatic carbocycles. The number of rotatable bonds is 5. The lowest BCUT2D eigenvalue weighted by Crippen LogP contribution is -2.31. The van der Waals surface area contributed by atoms with E-state index in [9.17, 15) is 23.1 Å². The number of hydrogen-bond donors (Lipinski definition) is 2. The molecule has 1 aliphatic rings. The number of carbonyl (C=O) groups is 2. The number of primary sulfonamides is 1. The fraction of sp³-hybridized carbons (Fsp3) is 0.0417. The first kappa shape index (κ1) is 21.6. The molecule has 3 heterocycles. The highest BCUT2D eigenvalue weighted by atomic mass is 32.2. The van der Waals surface area contributed by atoms with Gasteiger partial charge in [-0.05, 0) is 48.5 Å². The summed E-state index contributed by atoms with van der Waals surface area (Å²) >= 11 is 0. The van der Waals surface area contributed by atoms with Gasteiger partial charge in [0.2, 0.25) is 15.8 Å². The Morgan fingerprint density at radius 2 is 1.74 bits per heavy atom. The molecule has 10 heteroatoms. The first-order chi connectivity index (χ1) is 16.3. The lowest BCUT2D eigenvalue weighted by atomic mass is 9.98. The van der Waals surface area contributed by atoms with E-state index in [2.05, 4.69) is 4.98 Å². The Morgan fingerprint density at radius 1 is 1.03 bits per heavy atom. The van der Waals surface area contributed by atoms with Crippen LogP contribution in [0.4, 0.5) is 5.69 Å². The fourth-order valence-corrected chi connectivity index (χ4v) is 4.46. The topological polar surface area (TPSA) is 144 Å². The summed E-state index contributed by atoms with van der Waals surface area (Å²) in [7, 11) is -3.95. The van der Waals surface area contributed by atoms with E-state index in [1.54, 1.807) is 48.5 Å². The molecule has 0 bridgehead atoms. The zero-order valence-electron chi connectivity index (χ0n) is 17.5. The number of sulfonamides is 1. The number of ketones is 1. The van der Waals surface area contributed by atoms with Gasteiger partial charge in [0, 0.05) is 17.3 Å². The van der Waals surface area contributed by atoms with E-state index in [1.165, 1.54) is 35.4 Å². The summed E-state index contributed by atoms with van der Waals surface area (Å²) in [6, 6.07) is 17.7. The van der Waals surface area contributed by atoms with Crippen molar-refractivity contribution in [3.63, 3.8) is 0 Å². The number of anilines is 1. The minimum absolute atomic E-state index is 0.0390. The second-order valence-electron chi connectivity index (χ2n) is 7.61. The van der Waals surface area contributed by atoms with Crippen LogP contribution < -0.4 is 10.0 Å². The number of furan rings is 1. The SMILES string of the molecule is NS(=O)(=O)c1ccc(N2C(=O)C(O)=C(C(=O)c3cc4ccccc4o3)C2c2ccccn2)cc1. The van der Waals surface area contributed by atoms with Gasteiger partial charge in [0.25, 0.3) is 5.91 Å². The average molecular weight is 475 g/mol. The normalized spacial score (nSPS) is 16.4. The predicted molar refractivity (Wildman–Crippen MR) is 122 cm³/mol. The predicted octanol–water partition coefficient (Wildman–Crippen LogP) is 3.26. The van der Waals surface area contributed by atoms with Crippen LogP contribution in [0.3, 0.4) is 0 Å². The van der Waals surface area contributed by atoms with E-state index in [4.69, 9.17) is 9.56 Å². The molecule has 34 heavy (non-hydrogen) atoms. The summed E-state index contributed by atoms with van der Waals surface area (Å²) in [5.41, 5.74) is 0.861. The van der Waals surface area contributed by atoms with Crippen molar-refractivity contribution in [2.45, 2.75) is 10.9 Å². The van der Waals surface area contributed by atoms with Gasteiger partial charge < -0.3 is 9.52 Å². The molecule has 0 saturated heterocycles. The second-order valence-corrected chi connectivity index (χ2v) is 9.17. The minimum atomic E-state index is -3.95. The van der Waals surface area contributed by atoms with E-state index < -0.39 is 33.5 Å². The molecule has 0 spiro atoms. The molecular weight excluding hydrogens is 458 g/mol. The van der Waals surface area contributed by atoms with Crippen molar-refractivity contribution >= 4 is 38.4 Å². The number of carbonyl (C=O) groups excluding carboxylic acids is 2. The Kier molecular flexibility index (Phi) is 5.03. The monoisotopic (exact) mass is 475 g/mol. The maximum absolute atomic E-state index is 13.5. The Labute approximate surface area is 193 Å². The number of nitrogens with zero attached hydrogens (tertiary/aromatic N) is 2. The lowest BCUT2D eigenvalue weighted by molar-refractivity contribution is -0.117. The van der Waals surface area contributed by atoms with Gasteiger partial charge in [0.1, 0.15) is 11.6 Å². The minimum Gasteiger partial charge on any atom is -0.503 e. The molecule has 5 rings (SSSR count). The van der Waals surface area contributed by atoms with Crippen LogP contribution in [0.25, 0.3) is 11.0 Å². The van der Waals surface area contributed by atoms with E-state index in [1.807, 2.05) is 0 Å². The van der Waals surface area contributed by atoms with Crippen LogP contribution >= 0.6 is 0 Å². The fourth-order valence-electron chi connectivity index (χ4n) is 3.94. The van der Waals surface area contributed by atoms with E-state index in [0.717, 1.165) is 0 Å². The number of hydrogen-bond acceptors (Lipinski definition) is 7. The van der Waals surface area contributed by atoms with E-state index in [0.29, 0.717) is 16.7 Å². The van der Waals surface area contributed by atoms with Crippen molar-refractivity contribution in [2.75, 3.05) is 4.90 Å². The number of aromatic nitrogens is 1. The van der Waals surface area contributed by atoms with Crippen molar-refractivity contribution in [3.05, 3.63) is 102 Å². The van der Waals surface area contributed by atoms with Gasteiger partial charge in [-0.2, -0.15) is 0 Å². The number of benzene rings is 2. The van der Waals surface area contributed by atoms with Crippen LogP contribution in [0.1, 0.15) is 22.3 Å². The number of amides is 1. The summed E-state index contributed by atoms with van der Waals surface area (Å²) in [6.07, 6.45) is 1.50. The van der Waals surface area contributed by atoms with Crippen molar-refractivity contribution in [3.8, 4) is 0 Å². The number of aliphatic hydroxyl groups is 1. The van der Waals surface area contributed by atoms with Gasteiger partial charge >= 0.3 is 0 Å². The van der Waals surface area contributed by atoms with Crippen LogP contribution in [-0.4, -0.2) is 30.2 Å². The summed E-state index contributed by atoms with van der Waals surface area (Å²) < 4.78 is 28.9. The smallest absolute Gasteiger partial charge is 0.294 e. The first-order valence-electron chi connectivity index (χ1n) is 10.1. The van der Waals surface area contributed by atoms with Crippen molar-refractivity contribution in [2.24, 2.45) is 5.14 Å². The molecule has 0 saturated carbocycles. The van der Waals surface area contributed by atoms with Crippen molar-refractivity contribution in [1.82, 2.24) is 4.98 Å². The zero-order valence-corrected chi connectivity index (χ0v) is 18.3. The molecule has 4 aromatic rings. The van der Waals surface area contributed by atoms with Crippen LogP contribution in [0.15, 0.2) is 99.6 Å². The summed E-state index contributed by atoms with van der Waals surface area (Å²) in [5, 5.41) is 16.7. The number of Topliss-reactive ketones (excluding diaryl/α,β-unsaturated/α-hetero) is 1. The molecule has 0 radical (unpaired) electrons. The number of nitrogens with two attached hydrogens (primary N) is 1. The third-order valence-corrected chi connectivity index (χ3v) is 6.44.